The molecule has 1 fully saturated rings. The van der Waals surface area contributed by atoms with Crippen molar-refractivity contribution < 1.29 is 19.1 Å². The molecule has 0 radical (unpaired) electrons. The van der Waals surface area contributed by atoms with Gasteiger partial charge in [0.2, 0.25) is 5.91 Å². The first kappa shape index (κ1) is 26.2. The van der Waals surface area contributed by atoms with Crippen LogP contribution in [0.4, 0.5) is 5.69 Å². The smallest absolute Gasteiger partial charge is 0.337 e. The molecule has 200 valence electrons. The third-order valence-electron chi connectivity index (χ3n) is 7.41. The van der Waals surface area contributed by atoms with Crippen molar-refractivity contribution in [3.8, 4) is 0 Å². The van der Waals surface area contributed by atoms with Crippen LogP contribution in [-0.2, 0) is 16.1 Å². The number of rotatable bonds is 7. The summed E-state index contributed by atoms with van der Waals surface area (Å²) >= 11 is 0. The van der Waals surface area contributed by atoms with E-state index in [1.54, 1.807) is 23.0 Å². The van der Waals surface area contributed by atoms with Crippen LogP contribution in [0.5, 0.6) is 0 Å². The molecular weight excluding hydrogens is 492 g/mol. The second-order valence-corrected chi connectivity index (χ2v) is 10.1. The minimum absolute atomic E-state index is 0.0229. The highest BCUT2D eigenvalue weighted by Crippen LogP contribution is 2.30. The molecule has 3 aromatic carbocycles. The summed E-state index contributed by atoms with van der Waals surface area (Å²) in [6.45, 7) is 3.79. The van der Waals surface area contributed by atoms with Crippen molar-refractivity contribution in [1.82, 2.24) is 14.7 Å². The van der Waals surface area contributed by atoms with E-state index in [0.717, 1.165) is 29.3 Å². The predicted molar refractivity (Wildman–Crippen MR) is 150 cm³/mol. The fraction of sp³-hybridized carbons (Fsp3) is 0.290. The molecule has 0 aliphatic carbocycles. The highest BCUT2D eigenvalue weighted by molar-refractivity contribution is 6.00. The molecule has 1 aliphatic rings. The number of esters is 1. The number of ether oxygens (including phenoxy) is 1. The minimum atomic E-state index is -0.379. The maximum atomic E-state index is 13.2. The lowest BCUT2D eigenvalue weighted by Crippen LogP contribution is -2.37. The molecule has 8 nitrogen and oxygen atoms in total. The Morgan fingerprint density at radius 1 is 0.974 bits per heavy atom. The summed E-state index contributed by atoms with van der Waals surface area (Å²) in [4.78, 5) is 39.5. The quantitative estimate of drug-likeness (QED) is 0.339. The molecule has 1 saturated heterocycles. The Morgan fingerprint density at radius 2 is 1.64 bits per heavy atom. The van der Waals surface area contributed by atoms with E-state index in [2.05, 4.69) is 22.5 Å². The summed E-state index contributed by atoms with van der Waals surface area (Å²) in [6, 6.07) is 20.8. The van der Waals surface area contributed by atoms with Crippen LogP contribution >= 0.6 is 0 Å². The zero-order chi connectivity index (χ0) is 27.4. The first-order chi connectivity index (χ1) is 18.9. The second-order valence-electron chi connectivity index (χ2n) is 10.1. The molecule has 1 aliphatic heterocycles. The van der Waals surface area contributed by atoms with Crippen LogP contribution in [0.25, 0.3) is 10.8 Å². The van der Waals surface area contributed by atoms with E-state index in [0.29, 0.717) is 36.7 Å². The van der Waals surface area contributed by atoms with Gasteiger partial charge in [0.05, 0.1) is 25.1 Å². The largest absolute Gasteiger partial charge is 0.465 e. The van der Waals surface area contributed by atoms with Gasteiger partial charge in [-0.1, -0.05) is 31.2 Å². The van der Waals surface area contributed by atoms with E-state index in [1.165, 1.54) is 12.7 Å². The Hall–Kier alpha value is -4.46. The average molecular weight is 525 g/mol. The molecular formula is C31H32N4O4. The lowest BCUT2D eigenvalue weighted by molar-refractivity contribution is -0.119. The molecule has 4 aromatic rings. The van der Waals surface area contributed by atoms with Gasteiger partial charge in [0.1, 0.15) is 0 Å². The summed E-state index contributed by atoms with van der Waals surface area (Å²) in [5.74, 6) is -0.232. The number of carbonyl (C=O) groups excluding carboxylic acids is 3. The molecule has 2 heterocycles. The molecule has 0 bridgehead atoms. The van der Waals surface area contributed by atoms with Crippen molar-refractivity contribution >= 4 is 34.2 Å². The van der Waals surface area contributed by atoms with Crippen molar-refractivity contribution in [2.24, 2.45) is 5.92 Å². The molecule has 1 N–H and O–H groups in total. The van der Waals surface area contributed by atoms with Crippen LogP contribution in [0.1, 0.15) is 52.0 Å². The SMILES string of the molecule is COC(=O)c1ccc2cc(C(=O)N3CCC(c4ccc(NC(=O)C(C)Cn5cccn5)cc4)CC3)ccc2c1. The van der Waals surface area contributed by atoms with Crippen LogP contribution in [-0.4, -0.2) is 52.7 Å². The van der Waals surface area contributed by atoms with Gasteiger partial charge >= 0.3 is 5.97 Å². The lowest BCUT2D eigenvalue weighted by atomic mass is 9.89. The van der Waals surface area contributed by atoms with Crippen molar-refractivity contribution in [1.29, 1.82) is 0 Å². The van der Waals surface area contributed by atoms with Gasteiger partial charge in [-0.15, -0.1) is 0 Å². The maximum Gasteiger partial charge on any atom is 0.337 e. The van der Waals surface area contributed by atoms with Gasteiger partial charge in [-0.2, -0.15) is 5.10 Å². The number of anilines is 1. The first-order valence-electron chi connectivity index (χ1n) is 13.2. The summed E-state index contributed by atoms with van der Waals surface area (Å²) in [5.41, 5.74) is 3.13. The molecule has 1 atom stereocenters. The molecule has 1 aromatic heterocycles. The average Bonchev–Trinajstić information content (AvgIpc) is 3.49. The number of benzene rings is 3. The van der Waals surface area contributed by atoms with Gasteiger partial charge in [0.25, 0.3) is 5.91 Å². The first-order valence-corrected chi connectivity index (χ1v) is 13.2. The highest BCUT2D eigenvalue weighted by atomic mass is 16.5. The number of piperidine rings is 1. The maximum absolute atomic E-state index is 13.2. The van der Waals surface area contributed by atoms with Crippen LogP contribution in [0.15, 0.2) is 79.1 Å². The van der Waals surface area contributed by atoms with E-state index in [9.17, 15) is 14.4 Å². The number of carbonyl (C=O) groups is 3. The van der Waals surface area contributed by atoms with Crippen molar-refractivity contribution in [2.75, 3.05) is 25.5 Å². The summed E-state index contributed by atoms with van der Waals surface area (Å²) in [6.07, 6.45) is 5.32. The van der Waals surface area contributed by atoms with E-state index in [-0.39, 0.29) is 23.7 Å². The number of hydrogen-bond donors (Lipinski definition) is 1. The Morgan fingerprint density at radius 3 is 2.28 bits per heavy atom. The van der Waals surface area contributed by atoms with Crippen molar-refractivity contribution in [3.05, 3.63) is 95.8 Å². The topological polar surface area (TPSA) is 93.5 Å². The number of amides is 2. The number of aromatic nitrogens is 2. The molecule has 0 spiro atoms. The Balaban J connectivity index is 1.15. The zero-order valence-corrected chi connectivity index (χ0v) is 22.2. The molecule has 1 unspecified atom stereocenters. The van der Waals surface area contributed by atoms with Crippen molar-refractivity contribution in [2.45, 2.75) is 32.2 Å². The van der Waals surface area contributed by atoms with Gasteiger partial charge in [0.15, 0.2) is 0 Å². The fourth-order valence-electron chi connectivity index (χ4n) is 5.10. The van der Waals surface area contributed by atoms with Crippen LogP contribution in [0.2, 0.25) is 0 Å². The molecule has 2 amide bonds. The van der Waals surface area contributed by atoms with Gasteiger partial charge in [0, 0.05) is 36.7 Å². The lowest BCUT2D eigenvalue weighted by Gasteiger charge is -2.32. The molecule has 8 heteroatoms. The molecule has 39 heavy (non-hydrogen) atoms. The Labute approximate surface area is 227 Å². The summed E-state index contributed by atoms with van der Waals surface area (Å²) in [5, 5.41) is 8.95. The number of methoxy groups -OCH3 is 1. The third-order valence-corrected chi connectivity index (χ3v) is 7.41. The number of nitrogens with zero attached hydrogens (tertiary/aromatic N) is 3. The number of fused-ring (bicyclic) bond motifs is 1. The monoisotopic (exact) mass is 524 g/mol. The predicted octanol–water partition coefficient (Wildman–Crippen LogP) is 5.12. The van der Waals surface area contributed by atoms with Gasteiger partial charge in [-0.05, 0) is 77.6 Å². The van der Waals surface area contributed by atoms with Crippen LogP contribution in [0, 0.1) is 5.92 Å². The standard InChI is InChI=1S/C31H32N4O4/c1-21(20-35-15-3-14-32-35)29(36)33-28-10-8-22(9-11-28)23-12-16-34(17-13-23)30(37)26-6-4-25-19-27(31(38)39-2)7-5-24(25)18-26/h3-11,14-15,18-19,21,23H,12-13,16-17,20H2,1-2H3,(H,33,36). The van der Waals surface area contributed by atoms with Gasteiger partial charge < -0.3 is 15.0 Å². The minimum Gasteiger partial charge on any atom is -0.465 e. The Kier molecular flexibility index (Phi) is 7.72. The normalized spacial score (nSPS) is 14.7. The van der Waals surface area contributed by atoms with E-state index < -0.39 is 0 Å². The van der Waals surface area contributed by atoms with E-state index in [4.69, 9.17) is 4.74 Å². The fourth-order valence-corrected chi connectivity index (χ4v) is 5.10. The Bertz CT molecular complexity index is 1470. The number of hydrogen-bond acceptors (Lipinski definition) is 5. The van der Waals surface area contributed by atoms with Crippen molar-refractivity contribution in [3.63, 3.8) is 0 Å². The second kappa shape index (κ2) is 11.5. The van der Waals surface area contributed by atoms with Gasteiger partial charge in [-0.3, -0.25) is 14.3 Å². The number of likely N-dealkylation sites (tertiary alicyclic amines) is 1. The summed E-state index contributed by atoms with van der Waals surface area (Å²) in [7, 11) is 1.36. The number of nitrogens with one attached hydrogen (secondary N) is 1. The van der Waals surface area contributed by atoms with Gasteiger partial charge in [-0.25, -0.2) is 4.79 Å². The van der Waals surface area contributed by atoms with E-state index in [1.807, 2.05) is 60.5 Å². The highest BCUT2D eigenvalue weighted by Gasteiger charge is 2.25. The summed E-state index contributed by atoms with van der Waals surface area (Å²) < 4.78 is 6.55. The van der Waals surface area contributed by atoms with Crippen LogP contribution < -0.4 is 5.32 Å². The van der Waals surface area contributed by atoms with E-state index >= 15 is 0 Å². The van der Waals surface area contributed by atoms with Crippen LogP contribution in [0.3, 0.4) is 0 Å². The molecule has 0 saturated carbocycles. The third kappa shape index (κ3) is 6.00. The molecule has 5 rings (SSSR count). The zero-order valence-electron chi connectivity index (χ0n) is 22.2.